The lowest BCUT2D eigenvalue weighted by atomic mass is 9.92. The van der Waals surface area contributed by atoms with Gasteiger partial charge < -0.3 is 14.9 Å². The zero-order chi connectivity index (χ0) is 15.6. The number of fused-ring (bicyclic) bond motifs is 2. The molecular formula is C17H22N2O3. The van der Waals surface area contributed by atoms with Crippen LogP contribution in [0.2, 0.25) is 0 Å². The molecule has 2 aliphatic heterocycles. The fraction of sp³-hybridized carbons (Fsp3) is 0.647. The Hall–Kier alpha value is -1.78. The number of likely N-dealkylation sites (tertiary alicyclic amines) is 2. The zero-order valence-corrected chi connectivity index (χ0v) is 13.0. The van der Waals surface area contributed by atoms with E-state index in [0.29, 0.717) is 19.0 Å². The first kappa shape index (κ1) is 13.9. The minimum atomic E-state index is -0.861. The van der Waals surface area contributed by atoms with Crippen molar-refractivity contribution < 1.29 is 14.7 Å². The van der Waals surface area contributed by atoms with Crippen LogP contribution < -0.4 is 0 Å². The van der Waals surface area contributed by atoms with Crippen LogP contribution in [-0.4, -0.2) is 51.6 Å². The molecular weight excluding hydrogens is 280 g/mol. The largest absolute Gasteiger partial charge is 0.465 e. The Kier molecular flexibility index (Phi) is 2.75. The highest BCUT2D eigenvalue weighted by atomic mass is 16.4. The highest BCUT2D eigenvalue weighted by Gasteiger charge is 2.63. The molecule has 0 aromatic carbocycles. The third-order valence-electron chi connectivity index (χ3n) is 5.89. The van der Waals surface area contributed by atoms with Crippen LogP contribution in [0.5, 0.6) is 0 Å². The molecule has 4 rings (SSSR count). The normalized spacial score (nSPS) is 40.5. The maximum Gasteiger partial charge on any atom is 0.407 e. The van der Waals surface area contributed by atoms with Gasteiger partial charge in [0.15, 0.2) is 0 Å². The monoisotopic (exact) mass is 302 g/mol. The molecule has 3 fully saturated rings. The third kappa shape index (κ3) is 1.84. The van der Waals surface area contributed by atoms with Crippen LogP contribution >= 0.6 is 0 Å². The van der Waals surface area contributed by atoms with Gasteiger partial charge >= 0.3 is 6.09 Å². The lowest BCUT2D eigenvalue weighted by Crippen LogP contribution is -2.49. The lowest BCUT2D eigenvalue weighted by molar-refractivity contribution is -0.138. The van der Waals surface area contributed by atoms with Crippen LogP contribution in [0, 0.1) is 23.7 Å². The summed E-state index contributed by atoms with van der Waals surface area (Å²) in [6, 6.07) is 0.171. The predicted octanol–water partition coefficient (Wildman–Crippen LogP) is 1.96. The average Bonchev–Trinajstić information content (AvgIpc) is 2.82. The third-order valence-corrected chi connectivity index (χ3v) is 5.89. The fourth-order valence-corrected chi connectivity index (χ4v) is 4.84. The molecule has 2 aliphatic carbocycles. The quantitative estimate of drug-likeness (QED) is 0.805. The van der Waals surface area contributed by atoms with Crippen molar-refractivity contribution in [2.24, 2.45) is 23.7 Å². The highest BCUT2D eigenvalue weighted by molar-refractivity contribution is 5.85. The first-order valence-corrected chi connectivity index (χ1v) is 8.06. The molecule has 1 saturated carbocycles. The Labute approximate surface area is 130 Å². The molecule has 0 aromatic heterocycles. The van der Waals surface area contributed by atoms with Crippen LogP contribution in [0.25, 0.3) is 0 Å². The molecule has 2 amide bonds. The first-order valence-electron chi connectivity index (χ1n) is 8.06. The van der Waals surface area contributed by atoms with E-state index in [1.165, 1.54) is 4.90 Å². The molecule has 0 bridgehead atoms. The number of piperidine rings is 1. The fourth-order valence-electron chi connectivity index (χ4n) is 4.84. The van der Waals surface area contributed by atoms with E-state index in [2.05, 4.69) is 37.0 Å². The number of hydrogen-bond acceptors (Lipinski definition) is 2. The molecule has 118 valence electrons. The summed E-state index contributed by atoms with van der Waals surface area (Å²) in [5.74, 6) is 1.16. The highest BCUT2D eigenvalue weighted by Crippen LogP contribution is 2.54. The molecule has 5 nitrogen and oxygen atoms in total. The van der Waals surface area contributed by atoms with Gasteiger partial charge in [0.1, 0.15) is 0 Å². The molecule has 22 heavy (non-hydrogen) atoms. The van der Waals surface area contributed by atoms with Gasteiger partial charge in [0, 0.05) is 30.5 Å². The van der Waals surface area contributed by atoms with Gasteiger partial charge in [-0.1, -0.05) is 24.3 Å². The van der Waals surface area contributed by atoms with Crippen molar-refractivity contribution in [3.63, 3.8) is 0 Å². The summed E-state index contributed by atoms with van der Waals surface area (Å²) in [7, 11) is 0. The Balaban J connectivity index is 1.51. The number of allylic oxidation sites excluding steroid dienone is 2. The Morgan fingerprint density at radius 3 is 2.41 bits per heavy atom. The second-order valence-electron chi connectivity index (χ2n) is 7.69. The maximum atomic E-state index is 13.1. The van der Waals surface area contributed by atoms with Gasteiger partial charge in [-0.25, -0.2) is 4.79 Å². The van der Waals surface area contributed by atoms with Crippen molar-refractivity contribution in [3.8, 4) is 0 Å². The summed E-state index contributed by atoms with van der Waals surface area (Å²) in [5, 5.41) is 9.04. The minimum Gasteiger partial charge on any atom is -0.465 e. The standard InChI is InChI=1S/C17H22N2O3/c1-17(2)7-10-5-3-4-6-13(10)19(17)15(20)14-11-8-18(16(21)22)9-12(11)14/h3-6,10-14H,7-9H2,1-2H3,(H,21,22)/t10?,11-,12+,13?,14-. The van der Waals surface area contributed by atoms with Gasteiger partial charge in [-0.3, -0.25) is 4.79 Å². The number of carbonyl (C=O) groups is 2. The smallest absolute Gasteiger partial charge is 0.407 e. The van der Waals surface area contributed by atoms with E-state index in [-0.39, 0.29) is 35.2 Å². The van der Waals surface area contributed by atoms with Crippen molar-refractivity contribution in [3.05, 3.63) is 24.3 Å². The molecule has 0 aromatic rings. The Bertz CT molecular complexity index is 583. The molecule has 0 spiro atoms. The molecule has 0 radical (unpaired) electrons. The summed E-state index contributed by atoms with van der Waals surface area (Å²) >= 11 is 0. The summed E-state index contributed by atoms with van der Waals surface area (Å²) in [5.41, 5.74) is -0.130. The van der Waals surface area contributed by atoms with Gasteiger partial charge in [0.05, 0.1) is 6.04 Å². The van der Waals surface area contributed by atoms with E-state index in [1.807, 2.05) is 6.08 Å². The molecule has 2 heterocycles. The van der Waals surface area contributed by atoms with Crippen LogP contribution in [0.15, 0.2) is 24.3 Å². The average molecular weight is 302 g/mol. The van der Waals surface area contributed by atoms with E-state index in [0.717, 1.165) is 6.42 Å². The summed E-state index contributed by atoms with van der Waals surface area (Å²) in [6.45, 7) is 5.34. The number of carboxylic acid groups (broad SMARTS) is 1. The van der Waals surface area contributed by atoms with E-state index < -0.39 is 6.09 Å². The molecule has 2 unspecified atom stereocenters. The van der Waals surface area contributed by atoms with Crippen molar-refractivity contribution >= 4 is 12.0 Å². The summed E-state index contributed by atoms with van der Waals surface area (Å²) < 4.78 is 0. The molecule has 5 heteroatoms. The first-order chi connectivity index (χ1) is 10.4. The topological polar surface area (TPSA) is 60.9 Å². The summed E-state index contributed by atoms with van der Waals surface area (Å²) in [6.07, 6.45) is 8.58. The second-order valence-corrected chi connectivity index (χ2v) is 7.69. The van der Waals surface area contributed by atoms with Crippen LogP contribution in [0.4, 0.5) is 4.79 Å². The van der Waals surface area contributed by atoms with E-state index in [4.69, 9.17) is 5.11 Å². The van der Waals surface area contributed by atoms with Crippen molar-refractivity contribution in [2.75, 3.05) is 13.1 Å². The van der Waals surface area contributed by atoms with Crippen LogP contribution in [0.3, 0.4) is 0 Å². The number of hydrogen-bond donors (Lipinski definition) is 1. The molecule has 4 aliphatic rings. The maximum absolute atomic E-state index is 13.1. The Morgan fingerprint density at radius 1 is 1.14 bits per heavy atom. The van der Waals surface area contributed by atoms with Gasteiger partial charge in [0.25, 0.3) is 0 Å². The Morgan fingerprint density at radius 2 is 1.77 bits per heavy atom. The summed E-state index contributed by atoms with van der Waals surface area (Å²) in [4.78, 5) is 27.6. The lowest BCUT2D eigenvalue weighted by Gasteiger charge is -2.36. The van der Waals surface area contributed by atoms with Crippen molar-refractivity contribution in [1.82, 2.24) is 9.80 Å². The van der Waals surface area contributed by atoms with E-state index in [9.17, 15) is 9.59 Å². The SMILES string of the molecule is CC1(C)CC2C=CC=CC2N1C(=O)[C@@H]1[C@@H]2CN(C(=O)O)C[C@@H]21. The molecule has 5 atom stereocenters. The van der Waals surface area contributed by atoms with Crippen molar-refractivity contribution in [1.29, 1.82) is 0 Å². The predicted molar refractivity (Wildman–Crippen MR) is 81.2 cm³/mol. The van der Waals surface area contributed by atoms with Gasteiger partial charge in [-0.15, -0.1) is 0 Å². The number of nitrogens with zero attached hydrogens (tertiary/aromatic N) is 2. The van der Waals surface area contributed by atoms with Crippen LogP contribution in [0.1, 0.15) is 20.3 Å². The number of amides is 2. The van der Waals surface area contributed by atoms with Gasteiger partial charge in [0.2, 0.25) is 5.91 Å². The van der Waals surface area contributed by atoms with Gasteiger partial charge in [-0.05, 0) is 32.1 Å². The van der Waals surface area contributed by atoms with Gasteiger partial charge in [-0.2, -0.15) is 0 Å². The number of carbonyl (C=O) groups excluding carboxylic acids is 1. The molecule has 1 N–H and O–H groups in total. The second kappa shape index (κ2) is 4.37. The number of rotatable bonds is 1. The van der Waals surface area contributed by atoms with Crippen LogP contribution in [-0.2, 0) is 4.79 Å². The zero-order valence-electron chi connectivity index (χ0n) is 13.0. The van der Waals surface area contributed by atoms with Crippen molar-refractivity contribution in [2.45, 2.75) is 31.8 Å². The molecule has 2 saturated heterocycles. The van der Waals surface area contributed by atoms with E-state index in [1.54, 1.807) is 0 Å². The minimum absolute atomic E-state index is 0.0351. The van der Waals surface area contributed by atoms with E-state index >= 15 is 0 Å².